The van der Waals surface area contributed by atoms with Crippen LogP contribution in [0.25, 0.3) is 0 Å². The summed E-state index contributed by atoms with van der Waals surface area (Å²) in [5.41, 5.74) is 3.91. The van der Waals surface area contributed by atoms with Gasteiger partial charge in [-0.3, -0.25) is 15.0 Å². The van der Waals surface area contributed by atoms with Crippen molar-refractivity contribution in [3.63, 3.8) is 0 Å². The Hall–Kier alpha value is -3.14. The van der Waals surface area contributed by atoms with Crippen LogP contribution in [-0.4, -0.2) is 27.6 Å². The van der Waals surface area contributed by atoms with E-state index in [9.17, 15) is 0 Å². The number of allylic oxidation sites excluding steroid dienone is 3. The van der Waals surface area contributed by atoms with Gasteiger partial charge in [0.1, 0.15) is 0 Å². The SMILES string of the molecule is C=C/C=C(\C=C/C)C(C)/N=C(\N=C(/C)c1ccncc1)c1ccncc1. The molecule has 0 saturated heterocycles. The van der Waals surface area contributed by atoms with Crippen LogP contribution in [0.4, 0.5) is 0 Å². The van der Waals surface area contributed by atoms with E-state index in [0.717, 1.165) is 22.4 Å². The smallest absolute Gasteiger partial charge is 0.155 e. The summed E-state index contributed by atoms with van der Waals surface area (Å²) in [5, 5.41) is 0. The highest BCUT2D eigenvalue weighted by molar-refractivity contribution is 6.11. The number of hydrogen-bond acceptors (Lipinski definition) is 3. The molecule has 2 aromatic heterocycles. The van der Waals surface area contributed by atoms with Gasteiger partial charge in [-0.25, -0.2) is 4.99 Å². The maximum Gasteiger partial charge on any atom is 0.155 e. The molecule has 0 spiro atoms. The molecule has 2 heterocycles. The lowest BCUT2D eigenvalue weighted by Gasteiger charge is -2.11. The summed E-state index contributed by atoms with van der Waals surface area (Å²) in [6.07, 6.45) is 14.8. The second-order valence-corrected chi connectivity index (χ2v) is 5.70. The lowest BCUT2D eigenvalue weighted by molar-refractivity contribution is 0.883. The van der Waals surface area contributed by atoms with Gasteiger partial charge in [-0.05, 0) is 56.2 Å². The zero-order valence-corrected chi connectivity index (χ0v) is 15.5. The van der Waals surface area contributed by atoms with E-state index in [0.29, 0.717) is 5.84 Å². The highest BCUT2D eigenvalue weighted by atomic mass is 14.9. The second-order valence-electron chi connectivity index (χ2n) is 5.70. The van der Waals surface area contributed by atoms with Crippen LogP contribution >= 0.6 is 0 Å². The quantitative estimate of drug-likeness (QED) is 0.429. The van der Waals surface area contributed by atoms with Crippen molar-refractivity contribution in [1.29, 1.82) is 0 Å². The first-order valence-corrected chi connectivity index (χ1v) is 8.55. The zero-order valence-electron chi connectivity index (χ0n) is 15.5. The highest BCUT2D eigenvalue weighted by Gasteiger charge is 2.09. The molecule has 0 amide bonds. The molecule has 1 unspecified atom stereocenters. The summed E-state index contributed by atoms with van der Waals surface area (Å²) >= 11 is 0. The first kappa shape index (κ1) is 19.2. The molecule has 1 atom stereocenters. The summed E-state index contributed by atoms with van der Waals surface area (Å²) in [6, 6.07) is 7.66. The van der Waals surface area contributed by atoms with Gasteiger partial charge in [0.2, 0.25) is 0 Å². The van der Waals surface area contributed by atoms with Crippen LogP contribution in [0.2, 0.25) is 0 Å². The van der Waals surface area contributed by atoms with Crippen molar-refractivity contribution in [3.05, 3.63) is 96.6 Å². The Morgan fingerprint density at radius 3 is 2.15 bits per heavy atom. The number of hydrogen-bond donors (Lipinski definition) is 0. The van der Waals surface area contributed by atoms with Gasteiger partial charge in [0.25, 0.3) is 0 Å². The predicted molar refractivity (Wildman–Crippen MR) is 110 cm³/mol. The van der Waals surface area contributed by atoms with E-state index in [1.807, 2.05) is 63.3 Å². The van der Waals surface area contributed by atoms with Crippen molar-refractivity contribution < 1.29 is 0 Å². The number of pyridine rings is 2. The van der Waals surface area contributed by atoms with Crippen molar-refractivity contribution in [3.8, 4) is 0 Å². The van der Waals surface area contributed by atoms with Gasteiger partial charge in [-0.2, -0.15) is 0 Å². The number of nitrogens with zero attached hydrogens (tertiary/aromatic N) is 4. The molecule has 0 fully saturated rings. The van der Waals surface area contributed by atoms with E-state index >= 15 is 0 Å². The van der Waals surface area contributed by atoms with E-state index in [2.05, 4.69) is 16.5 Å². The van der Waals surface area contributed by atoms with Gasteiger partial charge in [-0.1, -0.05) is 30.9 Å². The summed E-state index contributed by atoms with van der Waals surface area (Å²) in [7, 11) is 0. The van der Waals surface area contributed by atoms with Gasteiger partial charge in [-0.15, -0.1) is 0 Å². The third-order valence-electron chi connectivity index (χ3n) is 3.78. The third kappa shape index (κ3) is 5.45. The Morgan fingerprint density at radius 1 is 1.04 bits per heavy atom. The third-order valence-corrected chi connectivity index (χ3v) is 3.78. The van der Waals surface area contributed by atoms with Gasteiger partial charge < -0.3 is 0 Å². The predicted octanol–water partition coefficient (Wildman–Crippen LogP) is 4.81. The van der Waals surface area contributed by atoms with E-state index in [1.165, 1.54) is 0 Å². The maximum absolute atomic E-state index is 4.87. The minimum absolute atomic E-state index is 0.0543. The lowest BCUT2D eigenvalue weighted by Crippen LogP contribution is -2.10. The van der Waals surface area contributed by atoms with Crippen LogP contribution in [0, 0.1) is 0 Å². The van der Waals surface area contributed by atoms with Crippen LogP contribution in [0.3, 0.4) is 0 Å². The average molecular weight is 344 g/mol. The topological polar surface area (TPSA) is 50.5 Å². The Bertz CT molecular complexity index is 831. The Morgan fingerprint density at radius 2 is 1.62 bits per heavy atom. The van der Waals surface area contributed by atoms with Crippen LogP contribution in [0.1, 0.15) is 31.9 Å². The zero-order chi connectivity index (χ0) is 18.8. The molecule has 26 heavy (non-hydrogen) atoms. The largest absolute Gasteiger partial charge is 0.265 e. The molecule has 0 N–H and O–H groups in total. The first-order chi connectivity index (χ1) is 12.7. The minimum Gasteiger partial charge on any atom is -0.265 e. The van der Waals surface area contributed by atoms with Crippen LogP contribution in [0.5, 0.6) is 0 Å². The van der Waals surface area contributed by atoms with Crippen molar-refractivity contribution in [2.24, 2.45) is 9.98 Å². The summed E-state index contributed by atoms with van der Waals surface area (Å²) < 4.78 is 0. The van der Waals surface area contributed by atoms with E-state index in [-0.39, 0.29) is 6.04 Å². The average Bonchev–Trinajstić information content (AvgIpc) is 2.68. The Balaban J connectivity index is 2.48. The fraction of sp³-hybridized carbons (Fsp3) is 0.182. The fourth-order valence-corrected chi connectivity index (χ4v) is 2.41. The number of aromatic nitrogens is 2. The Labute approximate surface area is 155 Å². The monoisotopic (exact) mass is 344 g/mol. The molecule has 4 heteroatoms. The van der Waals surface area contributed by atoms with Gasteiger partial charge in [0.05, 0.1) is 6.04 Å². The molecule has 132 valence electrons. The van der Waals surface area contributed by atoms with E-state index in [1.54, 1.807) is 30.9 Å². The van der Waals surface area contributed by atoms with Crippen LogP contribution in [-0.2, 0) is 0 Å². The van der Waals surface area contributed by atoms with Gasteiger partial charge >= 0.3 is 0 Å². The molecule has 0 aromatic carbocycles. The van der Waals surface area contributed by atoms with E-state index in [4.69, 9.17) is 9.98 Å². The molecule has 0 saturated carbocycles. The lowest BCUT2D eigenvalue weighted by atomic mass is 10.1. The molecule has 0 aliphatic rings. The van der Waals surface area contributed by atoms with Gasteiger partial charge in [0.15, 0.2) is 5.84 Å². The van der Waals surface area contributed by atoms with Crippen molar-refractivity contribution in [2.45, 2.75) is 26.8 Å². The molecule has 4 nitrogen and oxygen atoms in total. The summed E-state index contributed by atoms with van der Waals surface area (Å²) in [5.74, 6) is 0.675. The van der Waals surface area contributed by atoms with Crippen molar-refractivity contribution in [1.82, 2.24) is 9.97 Å². The molecule has 0 bridgehead atoms. The van der Waals surface area contributed by atoms with Crippen LogP contribution in [0.15, 0.2) is 95.5 Å². The summed E-state index contributed by atoms with van der Waals surface area (Å²) in [4.78, 5) is 17.8. The number of rotatable bonds is 6. The van der Waals surface area contributed by atoms with Crippen LogP contribution < -0.4 is 0 Å². The molecular formula is C22H24N4. The molecular weight excluding hydrogens is 320 g/mol. The number of aliphatic imine (C=N–C) groups is 2. The molecule has 2 rings (SSSR count). The molecule has 0 aliphatic carbocycles. The minimum atomic E-state index is -0.0543. The number of amidine groups is 1. The maximum atomic E-state index is 4.87. The Kier molecular flexibility index (Phi) is 7.37. The van der Waals surface area contributed by atoms with Gasteiger partial charge in [0, 0.05) is 36.1 Å². The van der Waals surface area contributed by atoms with Crippen molar-refractivity contribution in [2.75, 3.05) is 0 Å². The van der Waals surface area contributed by atoms with E-state index < -0.39 is 0 Å². The molecule has 0 radical (unpaired) electrons. The summed E-state index contributed by atoms with van der Waals surface area (Å²) in [6.45, 7) is 9.80. The highest BCUT2D eigenvalue weighted by Crippen LogP contribution is 2.13. The molecule has 0 aliphatic heterocycles. The molecule has 2 aromatic rings. The standard InChI is InChI=1S/C22H24N4/c1-5-7-19(8-6-2)17(3)25-22(21-11-15-24-16-12-21)26-18(4)20-9-13-23-14-10-20/h5-17H,1H2,2-4H3/b8-6-,19-7+,25-22-,26-18+. The normalized spacial score (nSPS) is 14.5. The second kappa shape index (κ2) is 9.99. The fourth-order valence-electron chi connectivity index (χ4n) is 2.41. The first-order valence-electron chi connectivity index (χ1n) is 8.55. The van der Waals surface area contributed by atoms with Crippen molar-refractivity contribution >= 4 is 11.5 Å².